The zero-order chi connectivity index (χ0) is 14.8. The van der Waals surface area contributed by atoms with Crippen LogP contribution < -0.4 is 9.33 Å². The summed E-state index contributed by atoms with van der Waals surface area (Å²) in [5.41, 5.74) is 1.19. The average molecular weight is 350 g/mol. The number of nitrogens with zero attached hydrogens (tertiary/aromatic N) is 1. The van der Waals surface area contributed by atoms with Crippen LogP contribution in [0, 0.1) is 0 Å². The van der Waals surface area contributed by atoms with Gasteiger partial charge in [0.05, 0.1) is 0 Å². The van der Waals surface area contributed by atoms with Crippen molar-refractivity contribution in [2.45, 2.75) is 24.8 Å². The molecule has 4 heteroatoms. The third-order valence-corrected chi connectivity index (χ3v) is 5.16. The molecular weight excluding hydrogens is 329 g/mol. The standard InChI is InChI=1S/C17H21NO2Se/c1-19-16-9-7-15(8-10-16)14-20-12-4-5-13-21-17-6-2-3-11-18-17/h2-3,6-11H,4-5,12-14H2,1H3. The van der Waals surface area contributed by atoms with Gasteiger partial charge in [0, 0.05) is 0 Å². The van der Waals surface area contributed by atoms with Crippen molar-refractivity contribution in [2.24, 2.45) is 0 Å². The molecule has 0 saturated heterocycles. The fourth-order valence-electron chi connectivity index (χ4n) is 1.83. The van der Waals surface area contributed by atoms with E-state index >= 15 is 0 Å². The molecule has 21 heavy (non-hydrogen) atoms. The molecule has 1 aromatic heterocycles. The number of unbranched alkanes of at least 4 members (excludes halogenated alkanes) is 1. The maximum atomic E-state index is 5.70. The van der Waals surface area contributed by atoms with E-state index < -0.39 is 0 Å². The Labute approximate surface area is 132 Å². The molecule has 0 N–H and O–H groups in total. The van der Waals surface area contributed by atoms with Gasteiger partial charge in [-0.25, -0.2) is 0 Å². The van der Waals surface area contributed by atoms with Crippen molar-refractivity contribution in [3.63, 3.8) is 0 Å². The van der Waals surface area contributed by atoms with Crippen molar-refractivity contribution in [1.82, 2.24) is 4.98 Å². The van der Waals surface area contributed by atoms with Gasteiger partial charge in [0.2, 0.25) is 0 Å². The summed E-state index contributed by atoms with van der Waals surface area (Å²) in [6, 6.07) is 14.2. The molecule has 0 saturated carbocycles. The molecule has 2 rings (SSSR count). The van der Waals surface area contributed by atoms with Crippen molar-refractivity contribution in [2.75, 3.05) is 13.7 Å². The Kier molecular flexibility index (Phi) is 7.30. The van der Waals surface area contributed by atoms with E-state index in [1.165, 1.54) is 21.9 Å². The van der Waals surface area contributed by atoms with Crippen LogP contribution in [0.5, 0.6) is 5.75 Å². The second-order valence-corrected chi connectivity index (χ2v) is 6.96. The van der Waals surface area contributed by atoms with E-state index in [0.717, 1.165) is 18.8 Å². The van der Waals surface area contributed by atoms with Crippen molar-refractivity contribution in [3.8, 4) is 5.75 Å². The molecule has 0 spiro atoms. The molecule has 3 nitrogen and oxygen atoms in total. The molecule has 0 amide bonds. The van der Waals surface area contributed by atoms with Crippen LogP contribution >= 0.6 is 0 Å². The first-order chi connectivity index (χ1) is 10.4. The quantitative estimate of drug-likeness (QED) is 0.515. The molecule has 0 aliphatic heterocycles. The Hall–Kier alpha value is -1.35. The van der Waals surface area contributed by atoms with Crippen molar-refractivity contribution < 1.29 is 9.47 Å². The molecular formula is C17H21NO2Se. The molecule has 0 aliphatic carbocycles. The summed E-state index contributed by atoms with van der Waals surface area (Å²) in [5.74, 6) is 0.885. The van der Waals surface area contributed by atoms with Gasteiger partial charge < -0.3 is 0 Å². The van der Waals surface area contributed by atoms with Crippen LogP contribution in [-0.2, 0) is 11.3 Å². The Morgan fingerprint density at radius 1 is 1.05 bits per heavy atom. The Bertz CT molecular complexity index is 502. The Morgan fingerprint density at radius 3 is 2.62 bits per heavy atom. The van der Waals surface area contributed by atoms with Crippen LogP contribution in [0.1, 0.15) is 18.4 Å². The molecule has 0 radical (unpaired) electrons. The van der Waals surface area contributed by atoms with Gasteiger partial charge >= 0.3 is 132 Å². The third-order valence-electron chi connectivity index (χ3n) is 3.00. The summed E-state index contributed by atoms with van der Waals surface area (Å²) in [4.78, 5) is 4.35. The number of methoxy groups -OCH3 is 1. The molecule has 0 atom stereocenters. The first-order valence-corrected chi connectivity index (χ1v) is 9.20. The van der Waals surface area contributed by atoms with Gasteiger partial charge in [-0.2, -0.15) is 0 Å². The van der Waals surface area contributed by atoms with E-state index in [9.17, 15) is 0 Å². The van der Waals surface area contributed by atoms with Crippen LogP contribution in [0.3, 0.4) is 0 Å². The molecule has 2 aromatic rings. The van der Waals surface area contributed by atoms with Crippen molar-refractivity contribution in [1.29, 1.82) is 0 Å². The molecule has 1 aromatic carbocycles. The Balaban J connectivity index is 1.51. The first kappa shape index (κ1) is 16.0. The number of aromatic nitrogens is 1. The van der Waals surface area contributed by atoms with Crippen LogP contribution in [0.25, 0.3) is 0 Å². The van der Waals surface area contributed by atoms with Gasteiger partial charge in [0.25, 0.3) is 0 Å². The monoisotopic (exact) mass is 351 g/mol. The van der Waals surface area contributed by atoms with E-state index in [1.54, 1.807) is 7.11 Å². The van der Waals surface area contributed by atoms with Crippen LogP contribution in [0.2, 0.25) is 5.32 Å². The van der Waals surface area contributed by atoms with Crippen molar-refractivity contribution in [3.05, 3.63) is 54.2 Å². The predicted molar refractivity (Wildman–Crippen MR) is 86.3 cm³/mol. The number of pyridine rings is 1. The van der Waals surface area contributed by atoms with Gasteiger partial charge in [-0.1, -0.05) is 0 Å². The number of rotatable bonds is 9. The molecule has 0 fully saturated rings. The topological polar surface area (TPSA) is 31.4 Å². The van der Waals surface area contributed by atoms with Crippen LogP contribution in [0.4, 0.5) is 0 Å². The van der Waals surface area contributed by atoms with E-state index in [4.69, 9.17) is 9.47 Å². The van der Waals surface area contributed by atoms with Gasteiger partial charge in [-0.05, 0) is 0 Å². The van der Waals surface area contributed by atoms with Gasteiger partial charge in [-0.15, -0.1) is 0 Å². The number of hydrogen-bond donors (Lipinski definition) is 0. The second kappa shape index (κ2) is 9.56. The molecule has 0 aliphatic rings. The van der Waals surface area contributed by atoms with E-state index in [0.29, 0.717) is 21.6 Å². The zero-order valence-corrected chi connectivity index (χ0v) is 14.0. The third kappa shape index (κ3) is 6.30. The maximum absolute atomic E-state index is 5.70. The minimum atomic E-state index is 0.497. The molecule has 0 bridgehead atoms. The number of hydrogen-bond acceptors (Lipinski definition) is 3. The summed E-state index contributed by atoms with van der Waals surface area (Å²) in [7, 11) is 1.68. The van der Waals surface area contributed by atoms with Crippen LogP contribution in [0.15, 0.2) is 48.7 Å². The first-order valence-electron chi connectivity index (χ1n) is 7.13. The van der Waals surface area contributed by atoms with Gasteiger partial charge in [0.15, 0.2) is 0 Å². The van der Waals surface area contributed by atoms with E-state index in [-0.39, 0.29) is 0 Å². The zero-order valence-electron chi connectivity index (χ0n) is 12.3. The minimum absolute atomic E-state index is 0.497. The number of benzene rings is 1. The molecule has 112 valence electrons. The van der Waals surface area contributed by atoms with Crippen LogP contribution in [-0.4, -0.2) is 33.7 Å². The SMILES string of the molecule is COc1ccc(COCCCC[Se]c2ccccn2)cc1. The normalized spacial score (nSPS) is 10.5. The second-order valence-electron chi connectivity index (χ2n) is 4.62. The van der Waals surface area contributed by atoms with E-state index in [2.05, 4.69) is 17.1 Å². The summed E-state index contributed by atoms with van der Waals surface area (Å²) in [6.45, 7) is 1.50. The van der Waals surface area contributed by atoms with Crippen molar-refractivity contribution >= 4 is 19.5 Å². The summed E-state index contributed by atoms with van der Waals surface area (Å²) in [6.07, 6.45) is 4.19. The fraction of sp³-hybridized carbons (Fsp3) is 0.353. The van der Waals surface area contributed by atoms with Gasteiger partial charge in [-0.3, -0.25) is 0 Å². The summed E-state index contributed by atoms with van der Waals surface area (Å²) < 4.78 is 12.1. The molecule has 1 heterocycles. The average Bonchev–Trinajstić information content (AvgIpc) is 2.55. The Morgan fingerprint density at radius 2 is 1.90 bits per heavy atom. The van der Waals surface area contributed by atoms with E-state index in [1.807, 2.05) is 36.5 Å². The fourth-order valence-corrected chi connectivity index (χ4v) is 3.65. The van der Waals surface area contributed by atoms with Gasteiger partial charge in [0.1, 0.15) is 0 Å². The summed E-state index contributed by atoms with van der Waals surface area (Å²) in [5, 5.41) is 1.23. The number of ether oxygens (including phenoxy) is 2. The summed E-state index contributed by atoms with van der Waals surface area (Å²) >= 11 is 0.497. The predicted octanol–water partition coefficient (Wildman–Crippen LogP) is 2.84. The molecule has 0 unspecified atom stereocenters.